The predicted octanol–water partition coefficient (Wildman–Crippen LogP) is 3.05. The molecule has 92 valence electrons. The Morgan fingerprint density at radius 1 is 1.18 bits per heavy atom. The lowest BCUT2D eigenvalue weighted by atomic mass is 9.86. The minimum absolute atomic E-state index is 0.133. The van der Waals surface area contributed by atoms with Crippen LogP contribution in [0.3, 0.4) is 0 Å². The van der Waals surface area contributed by atoms with E-state index in [0.717, 1.165) is 31.4 Å². The van der Waals surface area contributed by atoms with E-state index < -0.39 is 5.97 Å². The number of hydrogen-bond donors (Lipinski definition) is 2. The molecule has 0 unspecified atom stereocenters. The van der Waals surface area contributed by atoms with Gasteiger partial charge in [-0.15, -0.1) is 0 Å². The topological polar surface area (TPSA) is 49.3 Å². The van der Waals surface area contributed by atoms with Crippen LogP contribution >= 0.6 is 0 Å². The van der Waals surface area contributed by atoms with Crippen LogP contribution in [0.4, 0.5) is 5.69 Å². The molecular weight excluding hydrogens is 214 g/mol. The first-order valence-corrected chi connectivity index (χ1v) is 6.21. The Balaban J connectivity index is 1.85. The highest BCUT2D eigenvalue weighted by atomic mass is 16.4. The number of nitrogens with one attached hydrogen (secondary N) is 1. The third kappa shape index (κ3) is 3.22. The van der Waals surface area contributed by atoms with Crippen molar-refractivity contribution >= 4 is 11.7 Å². The van der Waals surface area contributed by atoms with E-state index in [-0.39, 0.29) is 5.92 Å². The van der Waals surface area contributed by atoms with Gasteiger partial charge < -0.3 is 10.4 Å². The summed E-state index contributed by atoms with van der Waals surface area (Å²) in [6.45, 7) is 2.07. The second kappa shape index (κ2) is 5.21. The van der Waals surface area contributed by atoms with E-state index in [0.29, 0.717) is 6.04 Å². The second-order valence-electron chi connectivity index (χ2n) is 4.90. The number of rotatable bonds is 3. The van der Waals surface area contributed by atoms with Gasteiger partial charge in [0.25, 0.3) is 0 Å². The maximum absolute atomic E-state index is 10.8. The van der Waals surface area contributed by atoms with Crippen molar-refractivity contribution in [2.24, 2.45) is 5.92 Å². The minimum atomic E-state index is -0.640. The molecule has 0 bridgehead atoms. The lowest BCUT2D eigenvalue weighted by Gasteiger charge is -2.27. The highest BCUT2D eigenvalue weighted by Crippen LogP contribution is 2.26. The van der Waals surface area contributed by atoms with Gasteiger partial charge in [0.2, 0.25) is 0 Å². The summed E-state index contributed by atoms with van der Waals surface area (Å²) in [5, 5.41) is 12.4. The lowest BCUT2D eigenvalue weighted by Crippen LogP contribution is -2.29. The molecule has 0 amide bonds. The summed E-state index contributed by atoms with van der Waals surface area (Å²) in [7, 11) is 0. The van der Waals surface area contributed by atoms with Gasteiger partial charge in [0, 0.05) is 11.7 Å². The summed E-state index contributed by atoms with van der Waals surface area (Å²) in [5.41, 5.74) is 2.39. The van der Waals surface area contributed by atoms with Crippen molar-refractivity contribution in [2.75, 3.05) is 5.32 Å². The van der Waals surface area contributed by atoms with Crippen molar-refractivity contribution < 1.29 is 9.90 Å². The van der Waals surface area contributed by atoms with Crippen LogP contribution in [0.5, 0.6) is 0 Å². The Morgan fingerprint density at radius 3 is 2.29 bits per heavy atom. The fourth-order valence-electron chi connectivity index (χ4n) is 2.37. The van der Waals surface area contributed by atoms with Crippen LogP contribution in [0.1, 0.15) is 31.2 Å². The van der Waals surface area contributed by atoms with Crippen molar-refractivity contribution in [1.82, 2.24) is 0 Å². The minimum Gasteiger partial charge on any atom is -0.481 e. The Hall–Kier alpha value is -1.51. The van der Waals surface area contributed by atoms with Crippen molar-refractivity contribution in [2.45, 2.75) is 38.6 Å². The van der Waals surface area contributed by atoms with Gasteiger partial charge in [-0.2, -0.15) is 0 Å². The molecule has 0 heterocycles. The van der Waals surface area contributed by atoms with E-state index >= 15 is 0 Å². The molecule has 0 radical (unpaired) electrons. The third-order valence-corrected chi connectivity index (χ3v) is 3.50. The maximum Gasteiger partial charge on any atom is 0.306 e. The van der Waals surface area contributed by atoms with Crippen molar-refractivity contribution in [3.05, 3.63) is 29.8 Å². The van der Waals surface area contributed by atoms with Crippen molar-refractivity contribution in [3.8, 4) is 0 Å². The molecule has 1 saturated carbocycles. The first-order valence-electron chi connectivity index (χ1n) is 6.21. The number of anilines is 1. The summed E-state index contributed by atoms with van der Waals surface area (Å²) < 4.78 is 0. The van der Waals surface area contributed by atoms with Crippen LogP contribution in [-0.4, -0.2) is 17.1 Å². The molecule has 0 aromatic heterocycles. The van der Waals surface area contributed by atoms with E-state index in [1.54, 1.807) is 0 Å². The lowest BCUT2D eigenvalue weighted by molar-refractivity contribution is -0.142. The number of carbonyl (C=O) groups is 1. The van der Waals surface area contributed by atoms with E-state index in [2.05, 4.69) is 36.5 Å². The van der Waals surface area contributed by atoms with Gasteiger partial charge in [-0.25, -0.2) is 0 Å². The maximum atomic E-state index is 10.8. The molecule has 3 nitrogen and oxygen atoms in total. The number of hydrogen-bond acceptors (Lipinski definition) is 2. The molecule has 0 atom stereocenters. The quantitative estimate of drug-likeness (QED) is 0.843. The number of benzene rings is 1. The fraction of sp³-hybridized carbons (Fsp3) is 0.500. The standard InChI is InChI=1S/C14H19NO2/c1-10-2-6-12(7-3-10)15-13-8-4-11(5-9-13)14(16)17/h2-3,6-7,11,13,15H,4-5,8-9H2,1H3,(H,16,17). The van der Waals surface area contributed by atoms with Gasteiger partial charge in [0.15, 0.2) is 0 Å². The normalized spacial score (nSPS) is 24.3. The highest BCUT2D eigenvalue weighted by Gasteiger charge is 2.25. The molecule has 1 aromatic rings. The molecular formula is C14H19NO2. The van der Waals surface area contributed by atoms with Gasteiger partial charge in [0.05, 0.1) is 5.92 Å². The smallest absolute Gasteiger partial charge is 0.306 e. The SMILES string of the molecule is Cc1ccc(NC2CCC(C(=O)O)CC2)cc1. The fourth-order valence-corrected chi connectivity index (χ4v) is 2.37. The Labute approximate surface area is 102 Å². The molecule has 1 aliphatic rings. The van der Waals surface area contributed by atoms with E-state index in [4.69, 9.17) is 5.11 Å². The molecule has 0 saturated heterocycles. The zero-order valence-corrected chi connectivity index (χ0v) is 10.1. The molecule has 0 aliphatic heterocycles. The van der Waals surface area contributed by atoms with Gasteiger partial charge in [0.1, 0.15) is 0 Å². The Kier molecular flexibility index (Phi) is 3.67. The Bertz CT molecular complexity index is 378. The molecule has 1 aliphatic carbocycles. The van der Waals surface area contributed by atoms with Crippen LogP contribution in [-0.2, 0) is 4.79 Å². The molecule has 2 N–H and O–H groups in total. The number of aliphatic carboxylic acids is 1. The van der Waals surface area contributed by atoms with Crippen molar-refractivity contribution in [1.29, 1.82) is 0 Å². The summed E-state index contributed by atoms with van der Waals surface area (Å²) >= 11 is 0. The second-order valence-corrected chi connectivity index (χ2v) is 4.90. The summed E-state index contributed by atoms with van der Waals surface area (Å²) in [6, 6.07) is 8.77. The zero-order valence-electron chi connectivity index (χ0n) is 10.1. The van der Waals surface area contributed by atoms with Crippen LogP contribution in [0, 0.1) is 12.8 Å². The predicted molar refractivity (Wildman–Crippen MR) is 68.2 cm³/mol. The Morgan fingerprint density at radius 2 is 1.76 bits per heavy atom. The van der Waals surface area contributed by atoms with Gasteiger partial charge in [-0.3, -0.25) is 4.79 Å². The first-order chi connectivity index (χ1) is 8.15. The average molecular weight is 233 g/mol. The van der Waals surface area contributed by atoms with Crippen LogP contribution in [0.15, 0.2) is 24.3 Å². The van der Waals surface area contributed by atoms with Crippen molar-refractivity contribution in [3.63, 3.8) is 0 Å². The summed E-state index contributed by atoms with van der Waals surface area (Å²) in [5.74, 6) is -0.773. The first kappa shape index (κ1) is 12.0. The van der Waals surface area contributed by atoms with Gasteiger partial charge >= 0.3 is 5.97 Å². The largest absolute Gasteiger partial charge is 0.481 e. The third-order valence-electron chi connectivity index (χ3n) is 3.50. The van der Waals surface area contributed by atoms with E-state index in [9.17, 15) is 4.79 Å². The number of carboxylic acid groups (broad SMARTS) is 1. The van der Waals surface area contributed by atoms with Crippen LogP contribution < -0.4 is 5.32 Å². The number of carboxylic acids is 1. The monoisotopic (exact) mass is 233 g/mol. The zero-order chi connectivity index (χ0) is 12.3. The number of aryl methyl sites for hydroxylation is 1. The van der Waals surface area contributed by atoms with Crippen LogP contribution in [0.25, 0.3) is 0 Å². The van der Waals surface area contributed by atoms with E-state index in [1.807, 2.05) is 0 Å². The molecule has 2 rings (SSSR count). The molecule has 1 aromatic carbocycles. The highest BCUT2D eigenvalue weighted by molar-refractivity contribution is 5.70. The molecule has 17 heavy (non-hydrogen) atoms. The molecule has 1 fully saturated rings. The van der Waals surface area contributed by atoms with Crippen LogP contribution in [0.2, 0.25) is 0 Å². The molecule has 3 heteroatoms. The summed E-state index contributed by atoms with van der Waals surface area (Å²) in [6.07, 6.45) is 3.48. The summed E-state index contributed by atoms with van der Waals surface area (Å²) in [4.78, 5) is 10.8. The molecule has 0 spiro atoms. The van der Waals surface area contributed by atoms with E-state index in [1.165, 1.54) is 5.56 Å². The average Bonchev–Trinajstić information content (AvgIpc) is 2.33. The van der Waals surface area contributed by atoms with Gasteiger partial charge in [-0.05, 0) is 44.7 Å². The van der Waals surface area contributed by atoms with Gasteiger partial charge in [-0.1, -0.05) is 17.7 Å².